The van der Waals surface area contributed by atoms with Gasteiger partial charge in [-0.15, -0.1) is 0 Å². The van der Waals surface area contributed by atoms with Crippen LogP contribution in [0.25, 0.3) is 0 Å². The molecule has 14 heavy (non-hydrogen) atoms. The van der Waals surface area contributed by atoms with Gasteiger partial charge in [-0.1, -0.05) is 0 Å². The summed E-state index contributed by atoms with van der Waals surface area (Å²) in [6.45, 7) is 0. The van der Waals surface area contributed by atoms with E-state index >= 15 is 0 Å². The second kappa shape index (κ2) is 4.25. The minimum atomic E-state index is -1.04. The summed E-state index contributed by atoms with van der Waals surface area (Å²) in [5, 5.41) is 17.5. The SMILES string of the molecule is [Li][c]1c(C(=O)O)ccc(C(=O)O)[c]1[Li]. The van der Waals surface area contributed by atoms with E-state index in [1.807, 2.05) is 0 Å². The van der Waals surface area contributed by atoms with E-state index in [-0.39, 0.29) is 11.1 Å². The zero-order valence-corrected chi connectivity index (χ0v) is 7.87. The normalized spacial score (nSPS) is 10.0. The number of carboxylic acid groups (broad SMARTS) is 2. The Hall–Kier alpha value is -0.645. The molecule has 0 heterocycles. The number of carboxylic acids is 2. The van der Waals surface area contributed by atoms with Gasteiger partial charge in [-0.2, -0.15) is 0 Å². The average molecular weight is 178 g/mol. The molecule has 0 amide bonds. The van der Waals surface area contributed by atoms with E-state index < -0.39 is 11.9 Å². The fourth-order valence-corrected chi connectivity index (χ4v) is 1.28. The van der Waals surface area contributed by atoms with Crippen LogP contribution in [-0.4, -0.2) is 57.6 Å². The van der Waals surface area contributed by atoms with Crippen LogP contribution in [0.15, 0.2) is 12.1 Å². The Morgan fingerprint density at radius 3 is 1.43 bits per heavy atom. The molecule has 0 radical (unpaired) electrons. The third-order valence-electron chi connectivity index (χ3n) is 2.25. The van der Waals surface area contributed by atoms with Crippen molar-refractivity contribution in [3.63, 3.8) is 0 Å². The van der Waals surface area contributed by atoms with Crippen molar-refractivity contribution in [1.29, 1.82) is 0 Å². The Balaban J connectivity index is 3.41. The minimum absolute atomic E-state index is 0.146. The van der Waals surface area contributed by atoms with Gasteiger partial charge in [0.25, 0.3) is 0 Å². The second-order valence-corrected chi connectivity index (χ2v) is 3.02. The third kappa shape index (κ3) is 2.05. The molecular weight excluding hydrogens is 174 g/mol. The molecule has 4 nitrogen and oxygen atoms in total. The first-order valence-electron chi connectivity index (χ1n) is 4.02. The number of carbonyl (C=O) groups is 2. The van der Waals surface area contributed by atoms with Crippen LogP contribution in [0.3, 0.4) is 0 Å². The maximum absolute atomic E-state index is 10.7. The van der Waals surface area contributed by atoms with Gasteiger partial charge >= 0.3 is 98.9 Å². The summed E-state index contributed by atoms with van der Waals surface area (Å²) in [5.74, 6) is -2.08. The summed E-state index contributed by atoms with van der Waals surface area (Å²) in [7, 11) is 0. The van der Waals surface area contributed by atoms with Crippen LogP contribution in [0.5, 0.6) is 0 Å². The molecule has 1 rings (SSSR count). The van der Waals surface area contributed by atoms with E-state index in [0.717, 1.165) is 0 Å². The van der Waals surface area contributed by atoms with Gasteiger partial charge in [0.15, 0.2) is 0 Å². The Kier molecular flexibility index (Phi) is 3.47. The van der Waals surface area contributed by atoms with Gasteiger partial charge in [-0.25, -0.2) is 0 Å². The molecule has 0 spiro atoms. The van der Waals surface area contributed by atoms with E-state index in [1.54, 1.807) is 35.4 Å². The number of rotatable bonds is 2. The average Bonchev–Trinajstić information content (AvgIpc) is 2.08. The van der Waals surface area contributed by atoms with Crippen LogP contribution < -0.4 is 8.47 Å². The van der Waals surface area contributed by atoms with Crippen LogP contribution in [0.2, 0.25) is 0 Å². The fourth-order valence-electron chi connectivity index (χ4n) is 1.28. The summed E-state index contributed by atoms with van der Waals surface area (Å²) in [6, 6.07) is 2.63. The third-order valence-corrected chi connectivity index (χ3v) is 2.25. The molecule has 0 aromatic heterocycles. The summed E-state index contributed by atoms with van der Waals surface area (Å²) in [6.07, 6.45) is 0. The standard InChI is InChI=1S/C8H4O4.2Li/c9-7(10)5-1-2-6(4-3-5)8(11)12;;/h1-2H,(H,9,10)(H,11,12);;. The molecule has 1 aromatic carbocycles. The summed E-state index contributed by atoms with van der Waals surface area (Å²) in [5.41, 5.74) is 0.292. The first-order valence-corrected chi connectivity index (χ1v) is 4.02. The predicted molar refractivity (Wildman–Crippen MR) is 51.1 cm³/mol. The molecule has 2 N–H and O–H groups in total. The van der Waals surface area contributed by atoms with Gasteiger partial charge in [0.1, 0.15) is 0 Å². The molecule has 0 aliphatic rings. The van der Waals surface area contributed by atoms with Gasteiger partial charge < -0.3 is 0 Å². The Labute approximate surface area is 98.7 Å². The molecule has 62 valence electrons. The van der Waals surface area contributed by atoms with Crippen LogP contribution in [-0.2, 0) is 0 Å². The van der Waals surface area contributed by atoms with E-state index in [9.17, 15) is 9.59 Å². The summed E-state index contributed by atoms with van der Waals surface area (Å²) < 4.78 is 0.995. The van der Waals surface area contributed by atoms with E-state index in [2.05, 4.69) is 0 Å². The zero-order chi connectivity index (χ0) is 10.9. The van der Waals surface area contributed by atoms with Gasteiger partial charge in [0.05, 0.1) is 0 Å². The quantitative estimate of drug-likeness (QED) is 0.550. The first-order chi connectivity index (χ1) is 6.45. The number of benzene rings is 1. The molecule has 6 heteroatoms. The Morgan fingerprint density at radius 1 is 0.929 bits per heavy atom. The van der Waals surface area contributed by atoms with Crippen LogP contribution in [0.4, 0.5) is 0 Å². The van der Waals surface area contributed by atoms with E-state index in [0.29, 0.717) is 8.47 Å². The van der Waals surface area contributed by atoms with Gasteiger partial charge in [0, 0.05) is 0 Å². The van der Waals surface area contributed by atoms with Crippen LogP contribution >= 0.6 is 0 Å². The van der Waals surface area contributed by atoms with Gasteiger partial charge in [0.2, 0.25) is 0 Å². The molecule has 0 saturated heterocycles. The topological polar surface area (TPSA) is 74.6 Å². The monoisotopic (exact) mass is 178 g/mol. The van der Waals surface area contributed by atoms with Crippen molar-refractivity contribution < 1.29 is 19.8 Å². The maximum atomic E-state index is 10.7. The molecule has 0 unspecified atom stereocenters. The number of hydrogen-bond donors (Lipinski definition) is 2. The van der Waals surface area contributed by atoms with Crippen molar-refractivity contribution >= 4 is 55.8 Å². The van der Waals surface area contributed by atoms with E-state index in [1.165, 1.54) is 12.1 Å². The van der Waals surface area contributed by atoms with Crippen molar-refractivity contribution in [2.24, 2.45) is 0 Å². The van der Waals surface area contributed by atoms with Crippen molar-refractivity contribution in [2.45, 2.75) is 0 Å². The summed E-state index contributed by atoms with van der Waals surface area (Å²) in [4.78, 5) is 21.4. The molecular formula is C8H4Li2O4. The summed E-state index contributed by atoms with van der Waals surface area (Å²) >= 11 is 3.20. The molecule has 0 atom stereocenters. The molecule has 0 aliphatic heterocycles. The Bertz CT molecular complexity index is 375. The first kappa shape index (κ1) is 11.4. The molecule has 0 bridgehead atoms. The van der Waals surface area contributed by atoms with Crippen molar-refractivity contribution in [2.75, 3.05) is 0 Å². The molecule has 0 saturated carbocycles. The van der Waals surface area contributed by atoms with Crippen LogP contribution in [0.1, 0.15) is 20.7 Å². The molecule has 0 aliphatic carbocycles. The van der Waals surface area contributed by atoms with Crippen molar-refractivity contribution in [1.82, 2.24) is 0 Å². The van der Waals surface area contributed by atoms with Gasteiger partial charge in [-0.05, 0) is 0 Å². The molecule has 1 aromatic rings. The predicted octanol–water partition coefficient (Wildman–Crippen LogP) is -1.33. The van der Waals surface area contributed by atoms with E-state index in [4.69, 9.17) is 10.2 Å². The van der Waals surface area contributed by atoms with Crippen molar-refractivity contribution in [3.05, 3.63) is 23.3 Å². The van der Waals surface area contributed by atoms with Crippen molar-refractivity contribution in [3.8, 4) is 0 Å². The van der Waals surface area contributed by atoms with Crippen LogP contribution in [0, 0.1) is 0 Å². The molecule has 0 fully saturated rings. The second-order valence-electron chi connectivity index (χ2n) is 3.02. The number of hydrogen-bond acceptors (Lipinski definition) is 2. The van der Waals surface area contributed by atoms with Gasteiger partial charge in [-0.3, -0.25) is 0 Å². The fraction of sp³-hybridized carbons (Fsp3) is 0. The Morgan fingerprint density at radius 2 is 1.21 bits per heavy atom. The zero-order valence-electron chi connectivity index (χ0n) is 7.87. The number of aromatic carboxylic acids is 2.